The van der Waals surface area contributed by atoms with E-state index in [1.165, 1.54) is 12.1 Å². The Morgan fingerprint density at radius 3 is 2.85 bits per heavy atom. The topological polar surface area (TPSA) is 39.7 Å². The molecule has 0 bridgehead atoms. The highest BCUT2D eigenvalue weighted by molar-refractivity contribution is 9.10. The summed E-state index contributed by atoms with van der Waals surface area (Å²) in [4.78, 5) is 0. The molecule has 20 heavy (non-hydrogen) atoms. The minimum atomic E-state index is -0.293. The van der Waals surface area contributed by atoms with Crippen LogP contribution in [0.5, 0.6) is 5.75 Å². The molecule has 112 valence electrons. The molecule has 1 fully saturated rings. The van der Waals surface area contributed by atoms with Crippen molar-refractivity contribution < 1.29 is 18.6 Å². The fourth-order valence-electron chi connectivity index (χ4n) is 2.20. The van der Waals surface area contributed by atoms with Crippen LogP contribution in [0.2, 0.25) is 0 Å². The van der Waals surface area contributed by atoms with Crippen LogP contribution in [0.1, 0.15) is 6.42 Å². The van der Waals surface area contributed by atoms with Crippen LogP contribution in [-0.2, 0) is 9.47 Å². The smallest absolute Gasteiger partial charge is 0.134 e. The van der Waals surface area contributed by atoms with Gasteiger partial charge in [-0.1, -0.05) is 0 Å². The first-order valence-electron chi connectivity index (χ1n) is 6.55. The molecule has 1 aliphatic carbocycles. The summed E-state index contributed by atoms with van der Waals surface area (Å²) in [6.07, 6.45) is 0.802. The van der Waals surface area contributed by atoms with Gasteiger partial charge in [0.2, 0.25) is 0 Å². The Hall–Kier alpha value is -0.690. The van der Waals surface area contributed by atoms with Crippen molar-refractivity contribution in [2.45, 2.75) is 24.7 Å². The molecule has 6 heteroatoms. The summed E-state index contributed by atoms with van der Waals surface area (Å²) >= 11 is 3.30. The molecule has 1 N–H and O–H groups in total. The van der Waals surface area contributed by atoms with Crippen LogP contribution >= 0.6 is 15.9 Å². The van der Waals surface area contributed by atoms with Gasteiger partial charge in [0.1, 0.15) is 23.8 Å². The lowest BCUT2D eigenvalue weighted by atomic mass is 9.85. The van der Waals surface area contributed by atoms with Gasteiger partial charge in [-0.15, -0.1) is 0 Å². The molecule has 0 radical (unpaired) electrons. The molecular weight excluding hydrogens is 329 g/mol. The van der Waals surface area contributed by atoms with E-state index in [-0.39, 0.29) is 24.1 Å². The van der Waals surface area contributed by atoms with Crippen molar-refractivity contribution in [3.8, 4) is 5.75 Å². The van der Waals surface area contributed by atoms with Crippen LogP contribution in [-0.4, -0.2) is 45.6 Å². The number of methoxy groups -OCH3 is 1. The summed E-state index contributed by atoms with van der Waals surface area (Å²) in [5.41, 5.74) is 0. The van der Waals surface area contributed by atoms with E-state index in [2.05, 4.69) is 21.2 Å². The second-order valence-electron chi connectivity index (χ2n) is 4.69. The van der Waals surface area contributed by atoms with Gasteiger partial charge < -0.3 is 19.5 Å². The van der Waals surface area contributed by atoms with E-state index >= 15 is 0 Å². The lowest BCUT2D eigenvalue weighted by Gasteiger charge is -2.43. The third-order valence-electron chi connectivity index (χ3n) is 3.39. The van der Waals surface area contributed by atoms with Crippen molar-refractivity contribution in [2.75, 3.05) is 27.4 Å². The number of rotatable bonds is 7. The Morgan fingerprint density at radius 2 is 2.20 bits per heavy atom. The lowest BCUT2D eigenvalue weighted by Crippen LogP contribution is -2.60. The normalized spacial score (nSPS) is 25.3. The van der Waals surface area contributed by atoms with E-state index in [1.54, 1.807) is 13.2 Å². The van der Waals surface area contributed by atoms with E-state index in [4.69, 9.17) is 14.2 Å². The van der Waals surface area contributed by atoms with Gasteiger partial charge >= 0.3 is 0 Å². The number of nitrogens with one attached hydrogen (secondary N) is 1. The highest BCUT2D eigenvalue weighted by Gasteiger charge is 2.43. The van der Waals surface area contributed by atoms with Gasteiger partial charge in [0.15, 0.2) is 0 Å². The summed E-state index contributed by atoms with van der Waals surface area (Å²) < 4.78 is 30.3. The van der Waals surface area contributed by atoms with Crippen LogP contribution in [0.4, 0.5) is 4.39 Å². The van der Waals surface area contributed by atoms with Crippen LogP contribution in [0.15, 0.2) is 22.7 Å². The first kappa shape index (κ1) is 15.7. The average molecular weight is 348 g/mol. The monoisotopic (exact) mass is 347 g/mol. The Balaban J connectivity index is 1.94. The zero-order chi connectivity index (χ0) is 14.5. The van der Waals surface area contributed by atoms with Crippen molar-refractivity contribution in [3.63, 3.8) is 0 Å². The number of hydrogen-bond acceptors (Lipinski definition) is 4. The summed E-state index contributed by atoms with van der Waals surface area (Å²) in [6.45, 7) is 1.09. The van der Waals surface area contributed by atoms with Gasteiger partial charge in [-0.25, -0.2) is 4.39 Å². The van der Waals surface area contributed by atoms with Crippen molar-refractivity contribution >= 4 is 15.9 Å². The SMILES string of the molecule is CNC1CC(Oc2ccc(F)cc2Br)C1OCCOC. The van der Waals surface area contributed by atoms with Crippen LogP contribution in [0, 0.1) is 5.82 Å². The Bertz CT molecular complexity index is 446. The largest absolute Gasteiger partial charge is 0.486 e. The first-order valence-corrected chi connectivity index (χ1v) is 7.34. The molecule has 1 aromatic rings. The van der Waals surface area contributed by atoms with Crippen molar-refractivity contribution in [1.29, 1.82) is 0 Å². The van der Waals surface area contributed by atoms with Crippen LogP contribution in [0.3, 0.4) is 0 Å². The van der Waals surface area contributed by atoms with Gasteiger partial charge in [-0.05, 0) is 41.2 Å². The Kier molecular flexibility index (Phi) is 5.77. The van der Waals surface area contributed by atoms with Crippen molar-refractivity contribution in [2.24, 2.45) is 0 Å². The molecule has 0 aromatic heterocycles. The standard InChI is InChI=1S/C14H19BrFNO3/c1-17-11-8-13(14(11)19-6-5-18-2)20-12-4-3-9(16)7-10(12)15/h3-4,7,11,13-14,17H,5-6,8H2,1-2H3. The Morgan fingerprint density at radius 1 is 1.40 bits per heavy atom. The lowest BCUT2D eigenvalue weighted by molar-refractivity contribution is -0.114. The second kappa shape index (κ2) is 7.36. The maximum atomic E-state index is 13.0. The van der Waals surface area contributed by atoms with E-state index in [0.717, 1.165) is 6.42 Å². The molecule has 0 heterocycles. The first-order chi connectivity index (χ1) is 9.65. The molecule has 1 aliphatic rings. The Labute approximate surface area is 126 Å². The summed E-state index contributed by atoms with van der Waals surface area (Å²) in [7, 11) is 3.55. The van der Waals surface area contributed by atoms with Gasteiger partial charge in [0, 0.05) is 19.6 Å². The number of likely N-dealkylation sites (N-methyl/N-ethyl adjacent to an activating group) is 1. The molecule has 3 unspecified atom stereocenters. The zero-order valence-electron chi connectivity index (χ0n) is 11.6. The van der Waals surface area contributed by atoms with Gasteiger partial charge in [-0.2, -0.15) is 0 Å². The minimum Gasteiger partial charge on any atom is -0.486 e. The average Bonchev–Trinajstić information content (AvgIpc) is 2.41. The third-order valence-corrected chi connectivity index (χ3v) is 4.01. The maximum Gasteiger partial charge on any atom is 0.134 e. The van der Waals surface area contributed by atoms with E-state index in [0.29, 0.717) is 23.4 Å². The van der Waals surface area contributed by atoms with Crippen molar-refractivity contribution in [3.05, 3.63) is 28.5 Å². The minimum absolute atomic E-state index is 0.0212. The molecule has 0 saturated heterocycles. The number of halogens is 2. The molecule has 1 aromatic carbocycles. The van der Waals surface area contributed by atoms with Gasteiger partial charge in [-0.3, -0.25) is 0 Å². The molecule has 2 rings (SSSR count). The second-order valence-corrected chi connectivity index (χ2v) is 5.54. The fraction of sp³-hybridized carbons (Fsp3) is 0.571. The number of benzene rings is 1. The van der Waals surface area contributed by atoms with Crippen LogP contribution < -0.4 is 10.1 Å². The van der Waals surface area contributed by atoms with E-state index < -0.39 is 0 Å². The van der Waals surface area contributed by atoms with Gasteiger partial charge in [0.05, 0.1) is 17.7 Å². The molecule has 0 aliphatic heterocycles. The zero-order valence-corrected chi connectivity index (χ0v) is 13.2. The summed E-state index contributed by atoms with van der Waals surface area (Å²) in [5.74, 6) is 0.338. The van der Waals surface area contributed by atoms with Gasteiger partial charge in [0.25, 0.3) is 0 Å². The maximum absolute atomic E-state index is 13.0. The highest BCUT2D eigenvalue weighted by Crippen LogP contribution is 2.33. The summed E-state index contributed by atoms with van der Waals surface area (Å²) in [5, 5.41) is 3.20. The van der Waals surface area contributed by atoms with Crippen LogP contribution in [0.25, 0.3) is 0 Å². The van der Waals surface area contributed by atoms with E-state index in [1.807, 2.05) is 7.05 Å². The van der Waals surface area contributed by atoms with E-state index in [9.17, 15) is 4.39 Å². The molecule has 0 spiro atoms. The molecule has 4 nitrogen and oxygen atoms in total. The number of ether oxygens (including phenoxy) is 3. The number of hydrogen-bond donors (Lipinski definition) is 1. The van der Waals surface area contributed by atoms with Crippen molar-refractivity contribution in [1.82, 2.24) is 5.32 Å². The third kappa shape index (κ3) is 3.69. The predicted molar refractivity (Wildman–Crippen MR) is 77.6 cm³/mol. The molecule has 0 amide bonds. The predicted octanol–water partition coefficient (Wildman–Crippen LogP) is 2.36. The molecular formula is C14H19BrFNO3. The highest BCUT2D eigenvalue weighted by atomic mass is 79.9. The molecule has 1 saturated carbocycles. The molecule has 3 atom stereocenters. The quantitative estimate of drug-likeness (QED) is 0.768. The fourth-order valence-corrected chi connectivity index (χ4v) is 2.65. The summed E-state index contributed by atoms with van der Waals surface area (Å²) in [6, 6.07) is 4.67.